The molecule has 0 atom stereocenters. The van der Waals surface area contributed by atoms with Gasteiger partial charge in [-0.15, -0.1) is 0 Å². The molecule has 6 nitrogen and oxygen atoms in total. The maximum absolute atomic E-state index is 13.2. The third-order valence-electron chi connectivity index (χ3n) is 6.39. The molecule has 1 amide bonds. The second kappa shape index (κ2) is 9.93. The number of nitrogens with one attached hydrogen (secondary N) is 1. The number of carbonyl (C=O) groups is 1. The normalized spacial score (nSPS) is 14.4. The molecule has 0 unspecified atom stereocenters. The molecule has 6 heteroatoms. The van der Waals surface area contributed by atoms with Gasteiger partial charge in [0.1, 0.15) is 11.4 Å². The van der Waals surface area contributed by atoms with E-state index in [0.29, 0.717) is 18.8 Å². The molecular formula is C28H28N4O2. The summed E-state index contributed by atoms with van der Waals surface area (Å²) in [6, 6.07) is 30.8. The summed E-state index contributed by atoms with van der Waals surface area (Å²) < 4.78 is 5.22. The van der Waals surface area contributed by atoms with Crippen LogP contribution in [0.5, 0.6) is 5.75 Å². The van der Waals surface area contributed by atoms with Gasteiger partial charge >= 0.3 is 0 Å². The Hall–Kier alpha value is -3.90. The fraction of sp³-hybridized carbons (Fsp3) is 0.214. The second-order valence-electron chi connectivity index (χ2n) is 8.45. The van der Waals surface area contributed by atoms with Crippen LogP contribution in [0.4, 0.5) is 0 Å². The van der Waals surface area contributed by atoms with Gasteiger partial charge in [-0.1, -0.05) is 60.7 Å². The quantitative estimate of drug-likeness (QED) is 0.463. The van der Waals surface area contributed by atoms with Gasteiger partial charge in [0.05, 0.1) is 18.8 Å². The lowest BCUT2D eigenvalue weighted by Gasteiger charge is -2.39. The van der Waals surface area contributed by atoms with Gasteiger partial charge in [0, 0.05) is 31.7 Å². The summed E-state index contributed by atoms with van der Waals surface area (Å²) in [4.78, 5) is 17.6. The Morgan fingerprint density at radius 1 is 0.853 bits per heavy atom. The zero-order chi connectivity index (χ0) is 23.3. The number of amides is 1. The number of piperazine rings is 1. The van der Waals surface area contributed by atoms with E-state index in [4.69, 9.17) is 4.74 Å². The molecule has 1 aliphatic rings. The van der Waals surface area contributed by atoms with Crippen LogP contribution in [0.2, 0.25) is 0 Å². The summed E-state index contributed by atoms with van der Waals surface area (Å²) in [6.07, 6.45) is 0. The highest BCUT2D eigenvalue weighted by atomic mass is 16.5. The number of hydrogen-bond acceptors (Lipinski definition) is 4. The maximum Gasteiger partial charge on any atom is 0.271 e. The van der Waals surface area contributed by atoms with Gasteiger partial charge in [0.2, 0.25) is 0 Å². The molecule has 0 bridgehead atoms. The van der Waals surface area contributed by atoms with Crippen molar-refractivity contribution in [3.8, 4) is 17.0 Å². The lowest BCUT2D eigenvalue weighted by Crippen LogP contribution is -2.50. The largest absolute Gasteiger partial charge is 0.497 e. The van der Waals surface area contributed by atoms with Crippen LogP contribution < -0.4 is 4.74 Å². The average molecular weight is 453 g/mol. The van der Waals surface area contributed by atoms with Crippen molar-refractivity contribution >= 4 is 5.91 Å². The van der Waals surface area contributed by atoms with E-state index in [1.54, 1.807) is 7.11 Å². The van der Waals surface area contributed by atoms with Gasteiger partial charge in [-0.3, -0.25) is 14.8 Å². The van der Waals surface area contributed by atoms with E-state index >= 15 is 0 Å². The van der Waals surface area contributed by atoms with E-state index in [-0.39, 0.29) is 11.9 Å². The molecule has 1 aromatic heterocycles. The molecule has 1 fully saturated rings. The lowest BCUT2D eigenvalue weighted by atomic mass is 9.96. The van der Waals surface area contributed by atoms with E-state index in [1.807, 2.05) is 47.4 Å². The number of H-pyrrole nitrogens is 1. The van der Waals surface area contributed by atoms with E-state index in [9.17, 15) is 4.79 Å². The van der Waals surface area contributed by atoms with E-state index in [2.05, 4.69) is 63.6 Å². The van der Waals surface area contributed by atoms with Crippen molar-refractivity contribution in [3.63, 3.8) is 0 Å². The van der Waals surface area contributed by atoms with Crippen molar-refractivity contribution in [1.29, 1.82) is 0 Å². The third-order valence-corrected chi connectivity index (χ3v) is 6.39. The molecule has 0 radical (unpaired) electrons. The molecule has 4 aromatic rings. The van der Waals surface area contributed by atoms with Crippen molar-refractivity contribution in [2.45, 2.75) is 6.04 Å². The Morgan fingerprint density at radius 2 is 1.44 bits per heavy atom. The first-order chi connectivity index (χ1) is 16.7. The zero-order valence-corrected chi connectivity index (χ0v) is 19.2. The van der Waals surface area contributed by atoms with Crippen molar-refractivity contribution in [2.75, 3.05) is 33.3 Å². The molecule has 3 aromatic carbocycles. The molecular weight excluding hydrogens is 424 g/mol. The van der Waals surface area contributed by atoms with Crippen LogP contribution >= 0.6 is 0 Å². The predicted molar refractivity (Wildman–Crippen MR) is 133 cm³/mol. The minimum Gasteiger partial charge on any atom is -0.497 e. The average Bonchev–Trinajstić information content (AvgIpc) is 3.41. The highest BCUT2D eigenvalue weighted by Gasteiger charge is 2.29. The minimum atomic E-state index is -0.0112. The Morgan fingerprint density at radius 3 is 2.00 bits per heavy atom. The first-order valence-corrected chi connectivity index (χ1v) is 11.6. The number of benzene rings is 3. The highest BCUT2D eigenvalue weighted by Crippen LogP contribution is 2.30. The SMILES string of the molecule is COc1ccc(-c2cc(C(=O)N3CCN(C(c4ccccc4)c4ccccc4)CC3)[nH]n2)cc1. The van der Waals surface area contributed by atoms with Crippen LogP contribution in [0.25, 0.3) is 11.3 Å². The van der Waals surface area contributed by atoms with E-state index < -0.39 is 0 Å². The summed E-state index contributed by atoms with van der Waals surface area (Å²) in [5.74, 6) is 0.778. The van der Waals surface area contributed by atoms with Crippen LogP contribution in [-0.2, 0) is 0 Å². The van der Waals surface area contributed by atoms with Gasteiger partial charge in [-0.2, -0.15) is 5.10 Å². The van der Waals surface area contributed by atoms with Crippen molar-refractivity contribution < 1.29 is 9.53 Å². The Kier molecular flexibility index (Phi) is 6.40. The molecule has 1 aliphatic heterocycles. The summed E-state index contributed by atoms with van der Waals surface area (Å²) in [5.41, 5.74) is 4.74. The lowest BCUT2D eigenvalue weighted by molar-refractivity contribution is 0.0592. The summed E-state index contributed by atoms with van der Waals surface area (Å²) in [5, 5.41) is 7.29. The molecule has 1 N–H and O–H groups in total. The number of ether oxygens (including phenoxy) is 1. The van der Waals surface area contributed by atoms with Gasteiger partial charge in [0.25, 0.3) is 5.91 Å². The maximum atomic E-state index is 13.2. The van der Waals surface area contributed by atoms with Crippen LogP contribution in [0.3, 0.4) is 0 Å². The smallest absolute Gasteiger partial charge is 0.271 e. The number of hydrogen-bond donors (Lipinski definition) is 1. The zero-order valence-electron chi connectivity index (χ0n) is 19.2. The molecule has 34 heavy (non-hydrogen) atoms. The van der Waals surface area contributed by atoms with Crippen molar-refractivity contribution in [1.82, 2.24) is 20.0 Å². The third kappa shape index (κ3) is 4.58. The molecule has 172 valence electrons. The monoisotopic (exact) mass is 452 g/mol. The molecule has 5 rings (SSSR count). The predicted octanol–water partition coefficient (Wildman–Crippen LogP) is 4.63. The highest BCUT2D eigenvalue weighted by molar-refractivity contribution is 5.93. The number of aromatic amines is 1. The second-order valence-corrected chi connectivity index (χ2v) is 8.45. The number of nitrogens with zero attached hydrogens (tertiary/aromatic N) is 3. The number of carbonyl (C=O) groups excluding carboxylic acids is 1. The van der Waals surface area contributed by atoms with Crippen molar-refractivity contribution in [3.05, 3.63) is 108 Å². The molecule has 0 aliphatic carbocycles. The fourth-order valence-electron chi connectivity index (χ4n) is 4.58. The van der Waals surface area contributed by atoms with Crippen LogP contribution in [0.1, 0.15) is 27.7 Å². The minimum absolute atomic E-state index is 0.0112. The van der Waals surface area contributed by atoms with E-state index in [0.717, 1.165) is 30.1 Å². The van der Waals surface area contributed by atoms with Gasteiger partial charge in [0.15, 0.2) is 0 Å². The standard InChI is InChI=1S/C28H28N4O2/c1-34-24-14-12-21(13-15-24)25-20-26(30-29-25)28(33)32-18-16-31(17-19-32)27(22-8-4-2-5-9-22)23-10-6-3-7-11-23/h2-15,20,27H,16-19H2,1H3,(H,29,30). The molecule has 1 saturated heterocycles. The van der Waals surface area contributed by atoms with Gasteiger partial charge < -0.3 is 9.64 Å². The number of methoxy groups -OCH3 is 1. The first kappa shape index (κ1) is 21.9. The van der Waals surface area contributed by atoms with Crippen LogP contribution in [0, 0.1) is 0 Å². The number of aromatic nitrogens is 2. The molecule has 0 spiro atoms. The fourth-order valence-corrected chi connectivity index (χ4v) is 4.58. The Labute approximate surface area is 199 Å². The summed E-state index contributed by atoms with van der Waals surface area (Å²) >= 11 is 0. The molecule has 0 saturated carbocycles. The Balaban J connectivity index is 1.28. The Bertz CT molecular complexity index is 1170. The van der Waals surface area contributed by atoms with E-state index in [1.165, 1.54) is 11.1 Å². The summed E-state index contributed by atoms with van der Waals surface area (Å²) in [6.45, 7) is 2.96. The topological polar surface area (TPSA) is 61.5 Å². The van der Waals surface area contributed by atoms with Gasteiger partial charge in [-0.25, -0.2) is 0 Å². The summed E-state index contributed by atoms with van der Waals surface area (Å²) in [7, 11) is 1.64. The number of rotatable bonds is 6. The van der Waals surface area contributed by atoms with Gasteiger partial charge in [-0.05, 0) is 41.5 Å². The molecule has 2 heterocycles. The first-order valence-electron chi connectivity index (χ1n) is 11.6. The van der Waals surface area contributed by atoms with Crippen LogP contribution in [-0.4, -0.2) is 59.2 Å². The van der Waals surface area contributed by atoms with Crippen LogP contribution in [0.15, 0.2) is 91.0 Å². The van der Waals surface area contributed by atoms with Crippen molar-refractivity contribution in [2.24, 2.45) is 0 Å².